The van der Waals surface area contributed by atoms with Gasteiger partial charge in [0.05, 0.1) is 0 Å². The van der Waals surface area contributed by atoms with Crippen LogP contribution in [0.4, 0.5) is 11.4 Å². The van der Waals surface area contributed by atoms with Crippen LogP contribution in [0.2, 0.25) is 0 Å². The van der Waals surface area contributed by atoms with Crippen LogP contribution >= 0.6 is 11.8 Å². The lowest BCUT2D eigenvalue weighted by Crippen LogP contribution is -2.24. The second-order valence-electron chi connectivity index (χ2n) is 5.25. The number of hydrogen-bond acceptors (Lipinski definition) is 3. The number of thioether (sulfide) groups is 1. The summed E-state index contributed by atoms with van der Waals surface area (Å²) in [6, 6.07) is 8.59. The molecule has 0 radical (unpaired) electrons. The van der Waals surface area contributed by atoms with Crippen molar-refractivity contribution in [1.29, 1.82) is 0 Å². The van der Waals surface area contributed by atoms with E-state index in [-0.39, 0.29) is 11.8 Å². The van der Waals surface area contributed by atoms with Crippen molar-refractivity contribution in [2.24, 2.45) is 5.92 Å². The van der Waals surface area contributed by atoms with E-state index in [4.69, 9.17) is 0 Å². The summed E-state index contributed by atoms with van der Waals surface area (Å²) in [5, 5.41) is 6.46. The smallest absolute Gasteiger partial charge is 0.226 e. The minimum Gasteiger partial charge on any atom is -0.382 e. The number of amides is 1. The molecule has 0 aliphatic carbocycles. The molecule has 1 aromatic carbocycles. The van der Waals surface area contributed by atoms with Gasteiger partial charge in [-0.3, -0.25) is 4.79 Å². The Bertz CT molecular complexity index is 411. The quantitative estimate of drug-likeness (QED) is 0.884. The molecule has 3 nitrogen and oxygen atoms in total. The van der Waals surface area contributed by atoms with Crippen LogP contribution in [0.1, 0.15) is 26.7 Å². The van der Waals surface area contributed by atoms with Gasteiger partial charge in [0.25, 0.3) is 0 Å². The molecule has 19 heavy (non-hydrogen) atoms. The molecule has 1 saturated heterocycles. The number of carbonyl (C=O) groups is 1. The topological polar surface area (TPSA) is 41.1 Å². The SMILES string of the molecule is CC(C)C(=O)Nc1ccc(NC2CCSCC2)cc1. The number of anilines is 2. The maximum absolute atomic E-state index is 11.6. The maximum Gasteiger partial charge on any atom is 0.226 e. The normalized spacial score (nSPS) is 16.4. The molecule has 1 aromatic rings. The second-order valence-corrected chi connectivity index (χ2v) is 6.48. The Morgan fingerprint density at radius 1 is 1.16 bits per heavy atom. The molecule has 104 valence electrons. The summed E-state index contributed by atoms with van der Waals surface area (Å²) >= 11 is 2.03. The molecular weight excluding hydrogens is 256 g/mol. The highest BCUT2D eigenvalue weighted by Gasteiger charge is 2.13. The molecule has 1 fully saturated rings. The van der Waals surface area contributed by atoms with Crippen LogP contribution in [0.5, 0.6) is 0 Å². The predicted octanol–water partition coefficient (Wildman–Crippen LogP) is 3.59. The zero-order valence-electron chi connectivity index (χ0n) is 11.6. The summed E-state index contributed by atoms with van der Waals surface area (Å²) in [4.78, 5) is 11.6. The molecule has 0 atom stereocenters. The Hall–Kier alpha value is -1.16. The van der Waals surface area contributed by atoms with Gasteiger partial charge < -0.3 is 10.6 Å². The van der Waals surface area contributed by atoms with E-state index < -0.39 is 0 Å². The van der Waals surface area contributed by atoms with E-state index in [2.05, 4.69) is 10.6 Å². The zero-order chi connectivity index (χ0) is 13.7. The summed E-state index contributed by atoms with van der Waals surface area (Å²) in [5.41, 5.74) is 2.00. The fraction of sp³-hybridized carbons (Fsp3) is 0.533. The third kappa shape index (κ3) is 4.46. The lowest BCUT2D eigenvalue weighted by atomic mass is 10.1. The number of hydrogen-bond donors (Lipinski definition) is 2. The summed E-state index contributed by atoms with van der Waals surface area (Å²) < 4.78 is 0. The monoisotopic (exact) mass is 278 g/mol. The molecule has 1 aliphatic heterocycles. The van der Waals surface area contributed by atoms with Crippen molar-refractivity contribution in [2.45, 2.75) is 32.7 Å². The fourth-order valence-corrected chi connectivity index (χ4v) is 3.12. The van der Waals surface area contributed by atoms with Gasteiger partial charge in [0, 0.05) is 23.3 Å². The molecule has 0 spiro atoms. The molecule has 2 N–H and O–H groups in total. The molecule has 2 rings (SSSR count). The van der Waals surface area contributed by atoms with Crippen molar-refractivity contribution in [2.75, 3.05) is 22.1 Å². The minimum absolute atomic E-state index is 0.0116. The Balaban J connectivity index is 1.88. The number of nitrogens with one attached hydrogen (secondary N) is 2. The van der Waals surface area contributed by atoms with E-state index in [9.17, 15) is 4.79 Å². The molecule has 1 amide bonds. The predicted molar refractivity (Wildman–Crippen MR) is 83.9 cm³/mol. The van der Waals surface area contributed by atoms with Gasteiger partial charge in [0.1, 0.15) is 0 Å². The Morgan fingerprint density at radius 3 is 2.32 bits per heavy atom. The van der Waals surface area contributed by atoms with Crippen molar-refractivity contribution in [3.63, 3.8) is 0 Å². The van der Waals surface area contributed by atoms with Crippen molar-refractivity contribution >= 4 is 29.0 Å². The van der Waals surface area contributed by atoms with Crippen LogP contribution in [0, 0.1) is 5.92 Å². The number of benzene rings is 1. The Morgan fingerprint density at radius 2 is 1.74 bits per heavy atom. The van der Waals surface area contributed by atoms with Gasteiger partial charge in [-0.15, -0.1) is 0 Å². The molecule has 0 bridgehead atoms. The first-order valence-electron chi connectivity index (χ1n) is 6.90. The summed E-state index contributed by atoms with van der Waals surface area (Å²) in [6.45, 7) is 3.79. The molecule has 1 heterocycles. The first-order valence-corrected chi connectivity index (χ1v) is 8.06. The Kier molecular flexibility index (Phi) is 5.14. The number of rotatable bonds is 4. The molecule has 1 aliphatic rings. The minimum atomic E-state index is 0.0116. The van der Waals surface area contributed by atoms with E-state index >= 15 is 0 Å². The Labute approximate surface area is 119 Å². The highest BCUT2D eigenvalue weighted by atomic mass is 32.2. The first kappa shape index (κ1) is 14.3. The highest BCUT2D eigenvalue weighted by Crippen LogP contribution is 2.22. The molecular formula is C15H22N2OS. The third-order valence-corrected chi connectivity index (χ3v) is 4.32. The average molecular weight is 278 g/mol. The molecule has 4 heteroatoms. The second kappa shape index (κ2) is 6.85. The lowest BCUT2D eigenvalue weighted by Gasteiger charge is -2.23. The van der Waals surface area contributed by atoms with Crippen LogP contribution < -0.4 is 10.6 Å². The van der Waals surface area contributed by atoms with Gasteiger partial charge in [0.15, 0.2) is 0 Å². The summed E-state index contributed by atoms with van der Waals surface area (Å²) in [5.74, 6) is 2.57. The van der Waals surface area contributed by atoms with Crippen LogP contribution in [0.15, 0.2) is 24.3 Å². The van der Waals surface area contributed by atoms with Gasteiger partial charge in [-0.05, 0) is 48.6 Å². The summed E-state index contributed by atoms with van der Waals surface area (Å²) in [6.07, 6.45) is 2.47. The van der Waals surface area contributed by atoms with E-state index in [1.54, 1.807) is 0 Å². The van der Waals surface area contributed by atoms with Crippen molar-refractivity contribution in [3.8, 4) is 0 Å². The van der Waals surface area contributed by atoms with Crippen molar-refractivity contribution in [3.05, 3.63) is 24.3 Å². The largest absolute Gasteiger partial charge is 0.382 e. The van der Waals surface area contributed by atoms with Gasteiger partial charge in [-0.2, -0.15) is 11.8 Å². The van der Waals surface area contributed by atoms with Crippen molar-refractivity contribution in [1.82, 2.24) is 0 Å². The number of carbonyl (C=O) groups excluding carboxylic acids is 1. The van der Waals surface area contributed by atoms with Crippen LogP contribution in [-0.2, 0) is 4.79 Å². The van der Waals surface area contributed by atoms with E-state index in [1.807, 2.05) is 49.9 Å². The van der Waals surface area contributed by atoms with Crippen LogP contribution in [0.25, 0.3) is 0 Å². The molecule has 0 saturated carbocycles. The maximum atomic E-state index is 11.6. The van der Waals surface area contributed by atoms with Crippen LogP contribution in [-0.4, -0.2) is 23.5 Å². The van der Waals surface area contributed by atoms with Crippen molar-refractivity contribution < 1.29 is 4.79 Å². The van der Waals surface area contributed by atoms with Gasteiger partial charge in [-0.25, -0.2) is 0 Å². The van der Waals surface area contributed by atoms with E-state index in [0.29, 0.717) is 6.04 Å². The highest BCUT2D eigenvalue weighted by molar-refractivity contribution is 7.99. The van der Waals surface area contributed by atoms with Gasteiger partial charge in [-0.1, -0.05) is 13.8 Å². The first-order chi connectivity index (χ1) is 9.15. The average Bonchev–Trinajstić information content (AvgIpc) is 2.42. The van der Waals surface area contributed by atoms with E-state index in [1.165, 1.54) is 24.3 Å². The summed E-state index contributed by atoms with van der Waals surface area (Å²) in [7, 11) is 0. The zero-order valence-corrected chi connectivity index (χ0v) is 12.4. The third-order valence-electron chi connectivity index (χ3n) is 3.27. The molecule has 0 aromatic heterocycles. The van der Waals surface area contributed by atoms with Gasteiger partial charge >= 0.3 is 0 Å². The lowest BCUT2D eigenvalue weighted by molar-refractivity contribution is -0.118. The van der Waals surface area contributed by atoms with Crippen LogP contribution in [0.3, 0.4) is 0 Å². The molecule has 0 unspecified atom stereocenters. The van der Waals surface area contributed by atoms with E-state index in [0.717, 1.165) is 11.4 Å². The van der Waals surface area contributed by atoms with Gasteiger partial charge in [0.2, 0.25) is 5.91 Å². The fourth-order valence-electron chi connectivity index (χ4n) is 2.01. The standard InChI is InChI=1S/C15H22N2OS/c1-11(2)15(18)17-13-5-3-12(4-6-13)16-14-7-9-19-10-8-14/h3-6,11,14,16H,7-10H2,1-2H3,(H,17,18).